The highest BCUT2D eigenvalue weighted by Crippen LogP contribution is 2.48. The molecule has 0 unspecified atom stereocenters. The number of hydrogen-bond donors (Lipinski definition) is 1. The molecule has 164 valence electrons. The Kier molecular flexibility index (Phi) is 3.50. The van der Waals surface area contributed by atoms with Gasteiger partial charge < -0.3 is 14.6 Å². The first kappa shape index (κ1) is 17.1. The predicted molar refractivity (Wildman–Crippen MR) is 128 cm³/mol. The summed E-state index contributed by atoms with van der Waals surface area (Å²) in [5.41, 5.74) is 2.94. The molecule has 6 rings (SSSR count). The van der Waals surface area contributed by atoms with E-state index >= 15 is 0 Å². The van der Waals surface area contributed by atoms with Gasteiger partial charge in [0.05, 0.1) is 28.0 Å². The van der Waals surface area contributed by atoms with Crippen molar-refractivity contribution in [3.63, 3.8) is 0 Å². The molecule has 2 aliphatic heterocycles. The van der Waals surface area contributed by atoms with Gasteiger partial charge in [-0.3, -0.25) is 4.79 Å². The Hall–Kier alpha value is -3.47. The van der Waals surface area contributed by atoms with Crippen LogP contribution in [-0.4, -0.2) is 37.4 Å². The van der Waals surface area contributed by atoms with Gasteiger partial charge in [-0.15, -0.1) is 17.8 Å². The van der Waals surface area contributed by atoms with E-state index < -0.39 is 24.5 Å². The lowest BCUT2D eigenvalue weighted by Gasteiger charge is -2.24. The van der Waals surface area contributed by atoms with E-state index in [1.54, 1.807) is 38.2 Å². The van der Waals surface area contributed by atoms with Crippen LogP contribution in [0.25, 0.3) is 21.5 Å². The summed E-state index contributed by atoms with van der Waals surface area (Å²) in [6.07, 6.45) is 7.95. The SMILES string of the molecule is [2H]C([2H])([2H])N1C(=O)c2cccc(C#C)c2[C@H]2C[C@@H]1c1nc3ccc(-c4cnc(C(C)(C)O)s4)cc3n12. The predicted octanol–water partition coefficient (Wildman–Crippen LogP) is 4.49. The highest BCUT2D eigenvalue weighted by atomic mass is 32.1. The maximum Gasteiger partial charge on any atom is 0.254 e. The maximum absolute atomic E-state index is 13.5. The number of carbonyl (C=O) groups is 1. The van der Waals surface area contributed by atoms with Crippen LogP contribution in [0.4, 0.5) is 0 Å². The Labute approximate surface area is 199 Å². The summed E-state index contributed by atoms with van der Waals surface area (Å²) < 4.78 is 26.5. The summed E-state index contributed by atoms with van der Waals surface area (Å²) in [6, 6.07) is 9.90. The summed E-state index contributed by atoms with van der Waals surface area (Å²) in [5, 5.41) is 11.0. The van der Waals surface area contributed by atoms with Gasteiger partial charge in [0.25, 0.3) is 5.91 Å². The second-order valence-corrected chi connectivity index (χ2v) is 10.0. The lowest BCUT2D eigenvalue weighted by atomic mass is 9.93. The van der Waals surface area contributed by atoms with Crippen molar-refractivity contribution in [2.75, 3.05) is 6.98 Å². The van der Waals surface area contributed by atoms with Gasteiger partial charge in [0.15, 0.2) is 0 Å². The minimum absolute atomic E-state index is 0.315. The van der Waals surface area contributed by atoms with E-state index in [0.29, 0.717) is 39.5 Å². The summed E-state index contributed by atoms with van der Waals surface area (Å²) in [6.45, 7) is 0.753. The van der Waals surface area contributed by atoms with Crippen molar-refractivity contribution in [3.8, 4) is 22.8 Å². The molecule has 2 aliphatic rings. The second-order valence-electron chi connectivity index (χ2n) is 8.99. The van der Waals surface area contributed by atoms with E-state index in [2.05, 4.69) is 10.9 Å². The largest absolute Gasteiger partial charge is 0.383 e. The van der Waals surface area contributed by atoms with Crippen LogP contribution in [0.1, 0.15) is 68.8 Å². The van der Waals surface area contributed by atoms with Crippen molar-refractivity contribution in [1.82, 2.24) is 19.4 Å². The van der Waals surface area contributed by atoms with Crippen LogP contribution in [-0.2, 0) is 5.60 Å². The first-order valence-electron chi connectivity index (χ1n) is 12.1. The van der Waals surface area contributed by atoms with Crippen LogP contribution >= 0.6 is 11.3 Å². The van der Waals surface area contributed by atoms with Gasteiger partial charge in [-0.25, -0.2) is 9.97 Å². The van der Waals surface area contributed by atoms with Crippen molar-refractivity contribution in [1.29, 1.82) is 0 Å². The Bertz CT molecular complexity index is 1610. The van der Waals surface area contributed by atoms with Crippen molar-refractivity contribution >= 4 is 28.3 Å². The molecule has 0 fully saturated rings. The van der Waals surface area contributed by atoms with Crippen LogP contribution in [0.5, 0.6) is 0 Å². The molecule has 2 aromatic heterocycles. The number of terminal acetylenes is 1. The number of hydrogen-bond acceptors (Lipinski definition) is 5. The maximum atomic E-state index is 13.5. The van der Waals surface area contributed by atoms with Gasteiger partial charge >= 0.3 is 0 Å². The van der Waals surface area contributed by atoms with E-state index in [4.69, 9.17) is 15.5 Å². The number of benzene rings is 2. The minimum Gasteiger partial charge on any atom is -0.383 e. The number of nitrogens with zero attached hydrogens (tertiary/aromatic N) is 4. The highest BCUT2D eigenvalue weighted by molar-refractivity contribution is 7.15. The normalized spacial score (nSPS) is 21.1. The summed E-state index contributed by atoms with van der Waals surface area (Å²) in [5.74, 6) is 2.67. The first-order chi connectivity index (χ1) is 17.0. The molecule has 1 amide bonds. The fourth-order valence-electron chi connectivity index (χ4n) is 4.92. The molecule has 2 atom stereocenters. The van der Waals surface area contributed by atoms with Crippen LogP contribution < -0.4 is 0 Å². The third kappa shape index (κ3) is 2.81. The molecule has 2 bridgehead atoms. The molecule has 0 saturated heterocycles. The molecule has 7 heteroatoms. The molecule has 33 heavy (non-hydrogen) atoms. The zero-order valence-electron chi connectivity index (χ0n) is 21.0. The number of carbonyl (C=O) groups excluding carboxylic acids is 1. The quantitative estimate of drug-likeness (QED) is 0.450. The van der Waals surface area contributed by atoms with Crippen molar-refractivity contribution in [2.45, 2.75) is 38.0 Å². The zero-order valence-corrected chi connectivity index (χ0v) is 18.8. The average Bonchev–Trinajstić information content (AvgIpc) is 3.50. The van der Waals surface area contributed by atoms with E-state index in [9.17, 15) is 9.90 Å². The minimum atomic E-state index is -2.64. The van der Waals surface area contributed by atoms with Gasteiger partial charge in [-0.1, -0.05) is 18.1 Å². The number of imidazole rings is 1. The Morgan fingerprint density at radius 2 is 2.15 bits per heavy atom. The molecule has 0 saturated carbocycles. The number of thiazole rings is 1. The summed E-state index contributed by atoms with van der Waals surface area (Å²) in [4.78, 5) is 24.6. The molecule has 0 aliphatic carbocycles. The highest BCUT2D eigenvalue weighted by Gasteiger charge is 2.44. The third-order valence-electron chi connectivity index (χ3n) is 6.44. The van der Waals surface area contributed by atoms with E-state index in [-0.39, 0.29) is 6.04 Å². The molecule has 6 nitrogen and oxygen atoms in total. The average molecular weight is 458 g/mol. The first-order valence-corrected chi connectivity index (χ1v) is 11.4. The molecule has 2 aromatic carbocycles. The van der Waals surface area contributed by atoms with Gasteiger partial charge in [0.1, 0.15) is 16.4 Å². The van der Waals surface area contributed by atoms with Crippen LogP contribution in [0.2, 0.25) is 0 Å². The van der Waals surface area contributed by atoms with Gasteiger partial charge in [-0.05, 0) is 43.7 Å². The third-order valence-corrected chi connectivity index (χ3v) is 7.80. The molecule has 4 heterocycles. The van der Waals surface area contributed by atoms with Crippen LogP contribution in [0.15, 0.2) is 42.6 Å². The monoisotopic (exact) mass is 457 g/mol. The number of fused-ring (bicyclic) bond motifs is 9. The lowest BCUT2D eigenvalue weighted by molar-refractivity contribution is 0.0733. The molecule has 4 aromatic rings. The number of amides is 1. The fraction of sp³-hybridized carbons (Fsp3) is 0.269. The topological polar surface area (TPSA) is 71.2 Å². The van der Waals surface area contributed by atoms with E-state index in [1.807, 2.05) is 22.8 Å². The Balaban J connectivity index is 1.60. The summed E-state index contributed by atoms with van der Waals surface area (Å²) >= 11 is 1.41. The molecular formula is C26H22N4O2S. The lowest BCUT2D eigenvalue weighted by Crippen LogP contribution is -2.30. The van der Waals surface area contributed by atoms with E-state index in [1.165, 1.54) is 11.3 Å². The molecular weight excluding hydrogens is 432 g/mol. The number of rotatable bonds is 2. The smallest absolute Gasteiger partial charge is 0.254 e. The standard InChI is InChI=1S/C26H22N4O2S/c1-5-14-7-6-8-16-22(14)19-12-20(29(4)24(16)31)23-28-17-10-9-15(11-18(17)30(19)23)21-13-27-25(33-21)26(2,3)32/h1,6-11,13,19-20,32H,12H2,2-4H3/t19-,20-/m1/s1/i4D3. The zero-order chi connectivity index (χ0) is 25.6. The molecule has 0 spiro atoms. The molecule has 1 N–H and O–H groups in total. The summed E-state index contributed by atoms with van der Waals surface area (Å²) in [7, 11) is 0. The van der Waals surface area contributed by atoms with Crippen LogP contribution in [0.3, 0.4) is 0 Å². The Morgan fingerprint density at radius 1 is 1.30 bits per heavy atom. The van der Waals surface area contributed by atoms with Crippen molar-refractivity contribution in [3.05, 3.63) is 70.1 Å². The number of aromatic nitrogens is 3. The van der Waals surface area contributed by atoms with Gasteiger partial charge in [-0.2, -0.15) is 0 Å². The van der Waals surface area contributed by atoms with Gasteiger partial charge in [0, 0.05) is 40.4 Å². The van der Waals surface area contributed by atoms with E-state index in [0.717, 1.165) is 20.9 Å². The molecule has 0 radical (unpaired) electrons. The van der Waals surface area contributed by atoms with Crippen LogP contribution in [0, 0.1) is 12.3 Å². The fourth-order valence-corrected chi connectivity index (χ4v) is 5.83. The van der Waals surface area contributed by atoms with Crippen molar-refractivity contribution < 1.29 is 14.0 Å². The Morgan fingerprint density at radius 3 is 2.88 bits per heavy atom. The second kappa shape index (κ2) is 6.77. The van der Waals surface area contributed by atoms with Crippen molar-refractivity contribution in [2.24, 2.45) is 0 Å². The van der Waals surface area contributed by atoms with Gasteiger partial charge in [0.2, 0.25) is 0 Å². The number of aliphatic hydroxyl groups is 1.